The SMILES string of the molecule is NC(CNCCC(=O)NC1CC1)=NO. The maximum Gasteiger partial charge on any atom is 0.221 e. The number of oxime groups is 1. The number of amidine groups is 1. The highest BCUT2D eigenvalue weighted by Crippen LogP contribution is 2.18. The fourth-order valence-corrected chi connectivity index (χ4v) is 0.981. The van der Waals surface area contributed by atoms with E-state index in [2.05, 4.69) is 15.8 Å². The van der Waals surface area contributed by atoms with Crippen molar-refractivity contribution in [3.05, 3.63) is 0 Å². The Kier molecular flexibility index (Phi) is 4.18. The van der Waals surface area contributed by atoms with Crippen molar-refractivity contribution in [2.75, 3.05) is 13.1 Å². The Hall–Kier alpha value is -1.30. The molecule has 80 valence electrons. The Morgan fingerprint density at radius 3 is 2.86 bits per heavy atom. The van der Waals surface area contributed by atoms with Crippen LogP contribution in [0.5, 0.6) is 0 Å². The van der Waals surface area contributed by atoms with Gasteiger partial charge in [0.1, 0.15) is 0 Å². The second kappa shape index (κ2) is 5.43. The minimum absolute atomic E-state index is 0.0551. The number of nitrogens with one attached hydrogen (secondary N) is 2. The lowest BCUT2D eigenvalue weighted by Gasteiger charge is -2.04. The first-order valence-electron chi connectivity index (χ1n) is 4.69. The Bertz CT molecular complexity index is 225. The molecule has 0 atom stereocenters. The molecule has 0 radical (unpaired) electrons. The van der Waals surface area contributed by atoms with Crippen LogP contribution in [0.4, 0.5) is 0 Å². The molecule has 0 unspecified atom stereocenters. The molecule has 6 nitrogen and oxygen atoms in total. The van der Waals surface area contributed by atoms with E-state index < -0.39 is 0 Å². The highest BCUT2D eigenvalue weighted by atomic mass is 16.4. The zero-order valence-corrected chi connectivity index (χ0v) is 7.99. The first-order valence-corrected chi connectivity index (χ1v) is 4.69. The van der Waals surface area contributed by atoms with E-state index >= 15 is 0 Å². The van der Waals surface area contributed by atoms with Crippen LogP contribution in [0.1, 0.15) is 19.3 Å². The van der Waals surface area contributed by atoms with Gasteiger partial charge in [-0.1, -0.05) is 5.16 Å². The molecule has 0 aromatic rings. The van der Waals surface area contributed by atoms with Gasteiger partial charge in [0.2, 0.25) is 5.91 Å². The number of hydrogen-bond donors (Lipinski definition) is 4. The first-order chi connectivity index (χ1) is 6.72. The van der Waals surface area contributed by atoms with E-state index in [1.807, 2.05) is 0 Å². The summed E-state index contributed by atoms with van der Waals surface area (Å²) in [5.74, 6) is 0.173. The maximum atomic E-state index is 11.1. The minimum atomic E-state index is 0.0551. The number of nitrogens with zero attached hydrogens (tertiary/aromatic N) is 1. The van der Waals surface area contributed by atoms with Gasteiger partial charge < -0.3 is 21.6 Å². The highest BCUT2D eigenvalue weighted by molar-refractivity contribution is 5.81. The van der Waals surface area contributed by atoms with Gasteiger partial charge >= 0.3 is 0 Å². The summed E-state index contributed by atoms with van der Waals surface area (Å²) in [6.07, 6.45) is 2.63. The van der Waals surface area contributed by atoms with Crippen molar-refractivity contribution in [3.63, 3.8) is 0 Å². The molecule has 0 saturated heterocycles. The van der Waals surface area contributed by atoms with Gasteiger partial charge in [0.05, 0.1) is 6.54 Å². The summed E-state index contributed by atoms with van der Waals surface area (Å²) in [5, 5.41) is 16.8. The molecule has 6 heteroatoms. The van der Waals surface area contributed by atoms with E-state index in [-0.39, 0.29) is 11.7 Å². The van der Waals surface area contributed by atoms with E-state index in [4.69, 9.17) is 10.9 Å². The molecule has 1 amide bonds. The van der Waals surface area contributed by atoms with Crippen LogP contribution in [0, 0.1) is 0 Å². The Balaban J connectivity index is 1.94. The summed E-state index contributed by atoms with van der Waals surface area (Å²) >= 11 is 0. The van der Waals surface area contributed by atoms with Gasteiger partial charge in [0.15, 0.2) is 5.84 Å². The van der Waals surface area contributed by atoms with E-state index in [0.717, 1.165) is 12.8 Å². The van der Waals surface area contributed by atoms with Gasteiger partial charge in [-0.2, -0.15) is 0 Å². The second-order valence-corrected chi connectivity index (χ2v) is 3.36. The van der Waals surface area contributed by atoms with Crippen LogP contribution in [0.15, 0.2) is 5.16 Å². The van der Waals surface area contributed by atoms with Crippen molar-refractivity contribution in [1.29, 1.82) is 0 Å². The van der Waals surface area contributed by atoms with Crippen molar-refractivity contribution in [2.45, 2.75) is 25.3 Å². The second-order valence-electron chi connectivity index (χ2n) is 3.36. The van der Waals surface area contributed by atoms with Gasteiger partial charge in [-0.05, 0) is 12.8 Å². The van der Waals surface area contributed by atoms with Crippen LogP contribution in [0.2, 0.25) is 0 Å². The fraction of sp³-hybridized carbons (Fsp3) is 0.750. The largest absolute Gasteiger partial charge is 0.409 e. The zero-order valence-electron chi connectivity index (χ0n) is 7.99. The summed E-state index contributed by atoms with van der Waals surface area (Å²) in [6.45, 7) is 0.835. The summed E-state index contributed by atoms with van der Waals surface area (Å²) in [5.41, 5.74) is 5.22. The quantitative estimate of drug-likeness (QED) is 0.145. The molecular weight excluding hydrogens is 184 g/mol. The molecule has 0 aliphatic heterocycles. The smallest absolute Gasteiger partial charge is 0.221 e. The maximum absolute atomic E-state index is 11.1. The normalized spacial score (nSPS) is 16.7. The molecule has 0 aromatic heterocycles. The standard InChI is InChI=1S/C8H16N4O2/c9-7(12-14)5-10-4-3-8(13)11-6-1-2-6/h6,10,14H,1-5H2,(H2,9,12)(H,11,13). The summed E-state index contributed by atoms with van der Waals surface area (Å²) < 4.78 is 0. The number of carbonyl (C=O) groups excluding carboxylic acids is 1. The molecule has 14 heavy (non-hydrogen) atoms. The minimum Gasteiger partial charge on any atom is -0.409 e. The molecular formula is C8H16N4O2. The van der Waals surface area contributed by atoms with Crippen LogP contribution in [0.3, 0.4) is 0 Å². The van der Waals surface area contributed by atoms with Gasteiger partial charge in [0, 0.05) is 19.0 Å². The van der Waals surface area contributed by atoms with Gasteiger partial charge in [0.25, 0.3) is 0 Å². The molecule has 1 rings (SSSR count). The van der Waals surface area contributed by atoms with Crippen LogP contribution >= 0.6 is 0 Å². The van der Waals surface area contributed by atoms with Crippen LogP contribution in [-0.4, -0.2) is 36.1 Å². The topological polar surface area (TPSA) is 99.7 Å². The predicted octanol–water partition coefficient (Wildman–Crippen LogP) is -1.01. The third-order valence-corrected chi connectivity index (χ3v) is 1.91. The van der Waals surface area contributed by atoms with Crippen LogP contribution in [0.25, 0.3) is 0 Å². The molecule has 1 fully saturated rings. The van der Waals surface area contributed by atoms with Crippen LogP contribution in [-0.2, 0) is 4.79 Å². The lowest BCUT2D eigenvalue weighted by atomic mass is 10.4. The molecule has 5 N–H and O–H groups in total. The number of nitrogens with two attached hydrogens (primary N) is 1. The number of carbonyl (C=O) groups is 1. The lowest BCUT2D eigenvalue weighted by molar-refractivity contribution is -0.121. The average molecular weight is 200 g/mol. The van der Waals surface area contributed by atoms with Crippen molar-refractivity contribution in [3.8, 4) is 0 Å². The Labute approximate surface area is 82.5 Å². The summed E-state index contributed by atoms with van der Waals surface area (Å²) in [6, 6.07) is 0.409. The van der Waals surface area contributed by atoms with Crippen molar-refractivity contribution in [2.24, 2.45) is 10.9 Å². The van der Waals surface area contributed by atoms with Crippen LogP contribution < -0.4 is 16.4 Å². The number of amides is 1. The molecule has 1 saturated carbocycles. The molecule has 0 aromatic carbocycles. The number of hydrogen-bond acceptors (Lipinski definition) is 4. The first kappa shape index (κ1) is 10.8. The molecule has 0 heterocycles. The highest BCUT2D eigenvalue weighted by Gasteiger charge is 2.22. The van der Waals surface area contributed by atoms with Crippen molar-refractivity contribution >= 4 is 11.7 Å². The van der Waals surface area contributed by atoms with E-state index in [9.17, 15) is 4.79 Å². The Morgan fingerprint density at radius 2 is 2.29 bits per heavy atom. The van der Waals surface area contributed by atoms with Gasteiger partial charge in [-0.25, -0.2) is 0 Å². The fourth-order valence-electron chi connectivity index (χ4n) is 0.981. The van der Waals surface area contributed by atoms with E-state index in [1.165, 1.54) is 0 Å². The molecule has 0 spiro atoms. The Morgan fingerprint density at radius 1 is 1.57 bits per heavy atom. The molecule has 1 aliphatic carbocycles. The predicted molar refractivity (Wildman–Crippen MR) is 52.1 cm³/mol. The third kappa shape index (κ3) is 4.66. The molecule has 1 aliphatic rings. The third-order valence-electron chi connectivity index (χ3n) is 1.91. The summed E-state index contributed by atoms with van der Waals surface area (Å²) in [4.78, 5) is 11.1. The molecule has 0 bridgehead atoms. The summed E-state index contributed by atoms with van der Waals surface area (Å²) in [7, 11) is 0. The lowest BCUT2D eigenvalue weighted by Crippen LogP contribution is -2.33. The number of rotatable bonds is 6. The van der Waals surface area contributed by atoms with E-state index in [0.29, 0.717) is 25.6 Å². The van der Waals surface area contributed by atoms with Crippen molar-refractivity contribution in [1.82, 2.24) is 10.6 Å². The van der Waals surface area contributed by atoms with E-state index in [1.54, 1.807) is 0 Å². The average Bonchev–Trinajstić information content (AvgIpc) is 2.95. The zero-order chi connectivity index (χ0) is 10.4. The van der Waals surface area contributed by atoms with Crippen molar-refractivity contribution < 1.29 is 10.0 Å². The monoisotopic (exact) mass is 200 g/mol. The van der Waals surface area contributed by atoms with Gasteiger partial charge in [-0.3, -0.25) is 4.79 Å². The van der Waals surface area contributed by atoms with Gasteiger partial charge in [-0.15, -0.1) is 0 Å².